The predicted octanol–water partition coefficient (Wildman–Crippen LogP) is 1.38. The summed E-state index contributed by atoms with van der Waals surface area (Å²) in [6.45, 7) is 6.19. The van der Waals surface area contributed by atoms with Crippen LogP contribution < -0.4 is 4.90 Å². The number of aliphatic hydroxyl groups is 1. The molecular formula is C22H28N4O6S. The first-order valence-corrected chi connectivity index (χ1v) is 12.3. The number of aromatic nitrogens is 1. The molecule has 1 aromatic rings. The highest BCUT2D eigenvalue weighted by Crippen LogP contribution is 2.52. The molecular weight excluding hydrogens is 448 g/mol. The van der Waals surface area contributed by atoms with Gasteiger partial charge in [-0.1, -0.05) is 6.92 Å². The Balaban J connectivity index is 1.23. The van der Waals surface area contributed by atoms with Gasteiger partial charge in [0.05, 0.1) is 18.1 Å². The van der Waals surface area contributed by atoms with Crippen molar-refractivity contribution in [3.8, 4) is 0 Å². The maximum atomic E-state index is 12.6. The van der Waals surface area contributed by atoms with Crippen LogP contribution in [0.5, 0.6) is 0 Å². The Morgan fingerprint density at radius 3 is 2.58 bits per heavy atom. The van der Waals surface area contributed by atoms with E-state index in [0.717, 1.165) is 32.4 Å². The smallest absolute Gasteiger partial charge is 0.353 e. The number of carboxylic acids is 1. The van der Waals surface area contributed by atoms with Crippen molar-refractivity contribution in [3.05, 3.63) is 22.6 Å². The fourth-order valence-corrected chi connectivity index (χ4v) is 6.81. The van der Waals surface area contributed by atoms with Gasteiger partial charge in [-0.2, -0.15) is 4.98 Å². The number of carbonyl (C=O) groups excluding carboxylic acids is 2. The minimum atomic E-state index is -1.12. The topological polar surface area (TPSA) is 127 Å². The Labute approximate surface area is 195 Å². The second-order valence-corrected chi connectivity index (χ2v) is 10.6. The molecule has 4 aliphatic heterocycles. The van der Waals surface area contributed by atoms with E-state index >= 15 is 0 Å². The summed E-state index contributed by atoms with van der Waals surface area (Å²) in [6.07, 6.45) is 3.76. The Morgan fingerprint density at radius 2 is 1.94 bits per heavy atom. The van der Waals surface area contributed by atoms with Crippen LogP contribution in [0.1, 0.15) is 43.6 Å². The van der Waals surface area contributed by atoms with E-state index in [1.807, 2.05) is 16.7 Å². The summed E-state index contributed by atoms with van der Waals surface area (Å²) in [5, 5.41) is 19.8. The number of β-lactam (4-membered cyclic amide) rings is 1. The molecule has 178 valence electrons. The lowest BCUT2D eigenvalue weighted by molar-refractivity contribution is -0.163. The van der Waals surface area contributed by atoms with Crippen LogP contribution in [-0.4, -0.2) is 86.4 Å². The normalized spacial score (nSPS) is 28.5. The van der Waals surface area contributed by atoms with Gasteiger partial charge in [0, 0.05) is 42.3 Å². The molecule has 33 heavy (non-hydrogen) atoms. The van der Waals surface area contributed by atoms with Crippen molar-refractivity contribution in [2.45, 2.75) is 50.5 Å². The number of aliphatic carboxylic acids is 1. The average Bonchev–Trinajstić information content (AvgIpc) is 3.32. The molecule has 0 aromatic carbocycles. The van der Waals surface area contributed by atoms with E-state index in [4.69, 9.17) is 4.42 Å². The van der Waals surface area contributed by atoms with Gasteiger partial charge < -0.3 is 29.3 Å². The zero-order valence-electron chi connectivity index (χ0n) is 18.6. The van der Waals surface area contributed by atoms with Crippen LogP contribution in [-0.2, 0) is 9.59 Å². The van der Waals surface area contributed by atoms with E-state index in [-0.39, 0.29) is 34.7 Å². The fraction of sp³-hybridized carbons (Fsp3) is 0.636. The molecule has 1 aromatic heterocycles. The predicted molar refractivity (Wildman–Crippen MR) is 119 cm³/mol. The Morgan fingerprint density at radius 1 is 1.24 bits per heavy atom. The second-order valence-electron chi connectivity index (χ2n) is 9.28. The number of thioether (sulfide) groups is 1. The van der Waals surface area contributed by atoms with Crippen LogP contribution >= 0.6 is 11.8 Å². The first-order valence-electron chi connectivity index (χ1n) is 11.4. The van der Waals surface area contributed by atoms with Crippen LogP contribution in [0.25, 0.3) is 0 Å². The minimum Gasteiger partial charge on any atom is -0.477 e. The number of rotatable bonds is 6. The van der Waals surface area contributed by atoms with Gasteiger partial charge in [-0.3, -0.25) is 9.59 Å². The van der Waals surface area contributed by atoms with E-state index in [1.54, 1.807) is 6.92 Å². The van der Waals surface area contributed by atoms with Crippen LogP contribution in [0.4, 0.5) is 6.01 Å². The minimum absolute atomic E-state index is 0.0448. The number of aliphatic hydroxyl groups excluding tert-OH is 1. The number of carboxylic acid groups (broad SMARTS) is 1. The third-order valence-corrected chi connectivity index (χ3v) is 8.53. The number of carbonyl (C=O) groups is 3. The molecule has 10 nitrogen and oxygen atoms in total. The summed E-state index contributed by atoms with van der Waals surface area (Å²) >= 11 is 1.47. The van der Waals surface area contributed by atoms with Gasteiger partial charge in [-0.05, 0) is 26.2 Å². The molecule has 0 saturated carbocycles. The first-order chi connectivity index (χ1) is 15.8. The molecule has 11 heteroatoms. The number of nitrogens with zero attached hydrogens (tertiary/aromatic N) is 4. The molecule has 4 atom stereocenters. The molecule has 2 amide bonds. The SMILES string of the molecule is C[C@@H](O)C1C(=O)N2C(C(=O)O)=C(SC3CN(c4nc(C(=O)N5CCCCC5)co4)C3)[C@H](C)C12. The summed E-state index contributed by atoms with van der Waals surface area (Å²) in [5.74, 6) is -2.25. The van der Waals surface area contributed by atoms with Crippen LogP contribution in [0.15, 0.2) is 21.3 Å². The molecule has 3 saturated heterocycles. The molecule has 2 unspecified atom stereocenters. The summed E-state index contributed by atoms with van der Waals surface area (Å²) in [6, 6.07) is 0.0876. The Bertz CT molecular complexity index is 1010. The van der Waals surface area contributed by atoms with Crippen LogP contribution in [0.2, 0.25) is 0 Å². The summed E-state index contributed by atoms with van der Waals surface area (Å²) in [7, 11) is 0. The number of fused-ring (bicyclic) bond motifs is 1. The van der Waals surface area contributed by atoms with Crippen molar-refractivity contribution in [1.29, 1.82) is 0 Å². The van der Waals surface area contributed by atoms with E-state index < -0.39 is 18.0 Å². The van der Waals surface area contributed by atoms with Gasteiger partial charge in [-0.25, -0.2) is 4.79 Å². The summed E-state index contributed by atoms with van der Waals surface area (Å²) < 4.78 is 5.55. The third kappa shape index (κ3) is 3.61. The molecule has 5 rings (SSSR count). The van der Waals surface area contributed by atoms with Crippen molar-refractivity contribution in [2.24, 2.45) is 11.8 Å². The van der Waals surface area contributed by atoms with Crippen LogP contribution in [0.3, 0.4) is 0 Å². The maximum absolute atomic E-state index is 12.6. The quantitative estimate of drug-likeness (QED) is 0.585. The van der Waals surface area contributed by atoms with Gasteiger partial charge >= 0.3 is 5.97 Å². The number of hydrogen-bond donors (Lipinski definition) is 2. The van der Waals surface area contributed by atoms with Crippen molar-refractivity contribution in [2.75, 3.05) is 31.1 Å². The van der Waals surface area contributed by atoms with E-state index in [9.17, 15) is 24.6 Å². The standard InChI is InChI=1S/C22H28N4O6S/c1-11-16-15(12(2)27)20(29)26(16)17(21(30)31)18(11)33-13-8-25(9-13)22-23-14(10-32-22)19(28)24-6-4-3-5-7-24/h10-13,15-16,27H,3-9H2,1-2H3,(H,30,31)/t11-,12-,15?,16?/m1/s1. The number of likely N-dealkylation sites (tertiary alicyclic amines) is 1. The zero-order valence-corrected chi connectivity index (χ0v) is 19.5. The van der Waals surface area contributed by atoms with Gasteiger partial charge in [0.1, 0.15) is 12.0 Å². The maximum Gasteiger partial charge on any atom is 0.353 e. The molecule has 0 spiro atoms. The molecule has 0 aliphatic carbocycles. The van der Waals surface area contributed by atoms with Crippen molar-refractivity contribution >= 4 is 35.6 Å². The lowest BCUT2D eigenvalue weighted by atomic mass is 9.79. The zero-order chi connectivity index (χ0) is 23.4. The Kier molecular flexibility index (Phi) is 5.64. The van der Waals surface area contributed by atoms with Crippen molar-refractivity contribution in [1.82, 2.24) is 14.8 Å². The molecule has 0 bridgehead atoms. The van der Waals surface area contributed by atoms with Gasteiger partial charge in [0.15, 0.2) is 5.69 Å². The van der Waals surface area contributed by atoms with Crippen molar-refractivity contribution < 1.29 is 29.0 Å². The number of oxazole rings is 1. The molecule has 5 heterocycles. The third-order valence-electron chi connectivity index (χ3n) is 7.08. The highest BCUT2D eigenvalue weighted by molar-refractivity contribution is 8.03. The lowest BCUT2D eigenvalue weighted by Gasteiger charge is -2.46. The monoisotopic (exact) mass is 476 g/mol. The number of amides is 2. The number of hydrogen-bond acceptors (Lipinski definition) is 8. The highest BCUT2D eigenvalue weighted by Gasteiger charge is 2.60. The number of anilines is 1. The average molecular weight is 477 g/mol. The van der Waals surface area contributed by atoms with Crippen LogP contribution in [0, 0.1) is 11.8 Å². The summed E-state index contributed by atoms with van der Waals surface area (Å²) in [5.41, 5.74) is 0.360. The molecule has 4 aliphatic rings. The lowest BCUT2D eigenvalue weighted by Crippen LogP contribution is -2.63. The van der Waals surface area contributed by atoms with Gasteiger partial charge in [0.25, 0.3) is 11.9 Å². The first kappa shape index (κ1) is 22.3. The van der Waals surface area contributed by atoms with Gasteiger partial charge in [-0.15, -0.1) is 11.8 Å². The molecule has 0 radical (unpaired) electrons. The molecule has 2 N–H and O–H groups in total. The highest BCUT2D eigenvalue weighted by atomic mass is 32.2. The van der Waals surface area contributed by atoms with Gasteiger partial charge in [0.2, 0.25) is 5.91 Å². The number of piperidine rings is 1. The van der Waals surface area contributed by atoms with E-state index in [1.165, 1.54) is 22.9 Å². The fourth-order valence-electron chi connectivity index (χ4n) is 5.29. The largest absolute Gasteiger partial charge is 0.477 e. The van der Waals surface area contributed by atoms with Crippen molar-refractivity contribution in [3.63, 3.8) is 0 Å². The van der Waals surface area contributed by atoms with E-state index in [0.29, 0.717) is 29.7 Å². The summed E-state index contributed by atoms with van der Waals surface area (Å²) in [4.78, 5) is 47.2. The molecule has 3 fully saturated rings. The second kappa shape index (κ2) is 8.35. The van der Waals surface area contributed by atoms with E-state index in [2.05, 4.69) is 4.98 Å². The Hall–Kier alpha value is -2.53.